The minimum atomic E-state index is -0.420. The lowest BCUT2D eigenvalue weighted by Crippen LogP contribution is -2.25. The molecule has 114 valence electrons. The Labute approximate surface area is 140 Å². The van der Waals surface area contributed by atoms with Gasteiger partial charge in [-0.05, 0) is 30.1 Å². The third-order valence-electron chi connectivity index (χ3n) is 3.39. The number of anilines is 1. The maximum atomic E-state index is 12.4. The van der Waals surface area contributed by atoms with Crippen LogP contribution in [0.5, 0.6) is 0 Å². The van der Waals surface area contributed by atoms with Crippen LogP contribution >= 0.6 is 23.3 Å². The highest BCUT2D eigenvalue weighted by molar-refractivity contribution is 7.98. The van der Waals surface area contributed by atoms with Crippen LogP contribution < -0.4 is 10.0 Å². The number of pyridine rings is 1. The molecule has 1 aromatic carbocycles. The molecule has 7 heteroatoms. The molecule has 4 rings (SSSR count). The molecule has 0 saturated heterocycles. The van der Waals surface area contributed by atoms with E-state index in [1.807, 2.05) is 24.3 Å². The van der Waals surface area contributed by atoms with Gasteiger partial charge in [-0.15, -0.1) is 11.3 Å². The number of thiophene rings is 1. The van der Waals surface area contributed by atoms with Crippen molar-refractivity contribution < 1.29 is 9.90 Å². The quantitative estimate of drug-likeness (QED) is 0.619. The first-order chi connectivity index (χ1) is 11.2. The molecule has 1 aliphatic heterocycles. The molecule has 0 aliphatic carbocycles. The molecule has 3 heterocycles. The van der Waals surface area contributed by atoms with Gasteiger partial charge in [0.1, 0.15) is 5.82 Å². The Morgan fingerprint density at radius 1 is 1.17 bits per heavy atom. The second kappa shape index (κ2) is 5.60. The summed E-state index contributed by atoms with van der Waals surface area (Å²) in [5.41, 5.74) is 0.139. The van der Waals surface area contributed by atoms with Crippen LogP contribution in [-0.2, 0) is 4.79 Å². The monoisotopic (exact) mass is 341 g/mol. The number of fused-ring (bicyclic) bond motifs is 3. The van der Waals surface area contributed by atoms with Crippen LogP contribution in [-0.4, -0.2) is 16.0 Å². The van der Waals surface area contributed by atoms with E-state index < -0.39 is 5.91 Å². The molecular formula is C16H11N3O2S2. The Morgan fingerprint density at radius 2 is 2.00 bits per heavy atom. The Kier molecular flexibility index (Phi) is 3.44. The van der Waals surface area contributed by atoms with Crippen LogP contribution in [0.1, 0.15) is 4.88 Å². The molecule has 0 fully saturated rings. The summed E-state index contributed by atoms with van der Waals surface area (Å²) in [7, 11) is 0. The molecule has 3 N–H and O–H groups in total. The Morgan fingerprint density at radius 3 is 2.83 bits per heavy atom. The zero-order valence-corrected chi connectivity index (χ0v) is 13.4. The van der Waals surface area contributed by atoms with Crippen molar-refractivity contribution in [2.75, 3.05) is 5.32 Å². The molecule has 1 amide bonds. The van der Waals surface area contributed by atoms with Gasteiger partial charge in [0.15, 0.2) is 11.5 Å². The van der Waals surface area contributed by atoms with Crippen molar-refractivity contribution >= 4 is 50.9 Å². The highest BCUT2D eigenvalue weighted by Gasteiger charge is 2.27. The van der Waals surface area contributed by atoms with Crippen LogP contribution in [0, 0.1) is 0 Å². The lowest BCUT2D eigenvalue weighted by Gasteiger charge is -2.17. The lowest BCUT2D eigenvalue weighted by atomic mass is 10.2. The number of benzene rings is 1. The van der Waals surface area contributed by atoms with Gasteiger partial charge in [-0.2, -0.15) is 0 Å². The number of carbonyl (C=O) groups excluding carboxylic acids is 1. The number of aliphatic hydroxyl groups is 1. The summed E-state index contributed by atoms with van der Waals surface area (Å²) < 4.78 is 4.01. The van der Waals surface area contributed by atoms with Crippen LogP contribution in [0.3, 0.4) is 0 Å². The summed E-state index contributed by atoms with van der Waals surface area (Å²) in [5, 5.41) is 14.2. The van der Waals surface area contributed by atoms with E-state index in [-0.39, 0.29) is 11.5 Å². The minimum absolute atomic E-state index is 0.0339. The van der Waals surface area contributed by atoms with Gasteiger partial charge >= 0.3 is 0 Å². The van der Waals surface area contributed by atoms with Gasteiger partial charge in [-0.25, -0.2) is 4.98 Å². The zero-order valence-electron chi connectivity index (χ0n) is 11.7. The third kappa shape index (κ3) is 2.43. The van der Waals surface area contributed by atoms with E-state index in [0.29, 0.717) is 10.7 Å². The predicted octanol–water partition coefficient (Wildman–Crippen LogP) is 3.77. The van der Waals surface area contributed by atoms with E-state index in [1.54, 1.807) is 24.4 Å². The standard InChI is InChI=1S/C16H11N3O2S2/c20-13-12(16(21)18-11-7-3-4-8-17-11)19-23-14-9-5-1-2-6-10(9)22-15(13)14/h1-8,19-20H,(H,17,18,21). The van der Waals surface area contributed by atoms with Crippen molar-refractivity contribution in [2.45, 2.75) is 4.90 Å². The fourth-order valence-corrected chi connectivity index (χ4v) is 4.55. The Hall–Kier alpha value is -2.51. The number of aliphatic hydroxyl groups excluding tert-OH is 1. The van der Waals surface area contributed by atoms with E-state index in [9.17, 15) is 9.90 Å². The molecule has 0 atom stereocenters. The molecule has 0 unspecified atom stereocenters. The average Bonchev–Trinajstić information content (AvgIpc) is 2.96. The fraction of sp³-hybridized carbons (Fsp3) is 0. The molecule has 0 spiro atoms. The second-order valence-corrected chi connectivity index (χ2v) is 6.72. The number of carbonyl (C=O) groups is 1. The number of hydrogen-bond acceptors (Lipinski definition) is 6. The maximum Gasteiger partial charge on any atom is 0.277 e. The molecule has 3 aromatic rings. The van der Waals surface area contributed by atoms with E-state index in [2.05, 4.69) is 15.0 Å². The van der Waals surface area contributed by atoms with Gasteiger partial charge in [0.05, 0.1) is 9.77 Å². The van der Waals surface area contributed by atoms with Crippen molar-refractivity contribution in [1.82, 2.24) is 9.71 Å². The molecule has 0 radical (unpaired) electrons. The van der Waals surface area contributed by atoms with Crippen LogP contribution in [0.25, 0.3) is 15.8 Å². The predicted molar refractivity (Wildman–Crippen MR) is 93.2 cm³/mol. The van der Waals surface area contributed by atoms with E-state index in [0.717, 1.165) is 15.0 Å². The summed E-state index contributed by atoms with van der Waals surface area (Å²) in [6.07, 6.45) is 1.59. The Bertz CT molecular complexity index is 935. The lowest BCUT2D eigenvalue weighted by molar-refractivity contribution is -0.113. The number of nitrogens with zero attached hydrogens (tertiary/aromatic N) is 1. The van der Waals surface area contributed by atoms with Gasteiger partial charge in [0.25, 0.3) is 5.91 Å². The average molecular weight is 341 g/mol. The second-order valence-electron chi connectivity index (χ2n) is 4.85. The van der Waals surface area contributed by atoms with Gasteiger partial charge in [0, 0.05) is 16.3 Å². The molecule has 1 aliphatic rings. The molecule has 5 nitrogen and oxygen atoms in total. The summed E-state index contributed by atoms with van der Waals surface area (Å²) in [6, 6.07) is 13.2. The van der Waals surface area contributed by atoms with Crippen molar-refractivity contribution in [3.05, 3.63) is 59.2 Å². The molecule has 0 bridgehead atoms. The summed E-state index contributed by atoms with van der Waals surface area (Å²) in [4.78, 5) is 18.1. The third-order valence-corrected chi connectivity index (χ3v) is 5.63. The molecular weight excluding hydrogens is 330 g/mol. The van der Waals surface area contributed by atoms with Crippen LogP contribution in [0.2, 0.25) is 0 Å². The SMILES string of the molecule is O=C(Nc1ccccn1)C1=C(O)c2sc3ccccc3c2SN1. The number of hydrogen-bond donors (Lipinski definition) is 3. The topological polar surface area (TPSA) is 74.2 Å². The van der Waals surface area contributed by atoms with Gasteiger partial charge in [-0.3, -0.25) is 4.79 Å². The molecule has 2 aromatic heterocycles. The highest BCUT2D eigenvalue weighted by Crippen LogP contribution is 2.43. The number of rotatable bonds is 2. The smallest absolute Gasteiger partial charge is 0.277 e. The summed E-state index contributed by atoms with van der Waals surface area (Å²) >= 11 is 2.81. The van der Waals surface area contributed by atoms with Gasteiger partial charge < -0.3 is 15.1 Å². The van der Waals surface area contributed by atoms with Crippen LogP contribution in [0.15, 0.2) is 59.3 Å². The number of nitrogens with one attached hydrogen (secondary N) is 2. The van der Waals surface area contributed by atoms with E-state index in [1.165, 1.54) is 23.3 Å². The highest BCUT2D eigenvalue weighted by atomic mass is 32.2. The first-order valence-electron chi connectivity index (χ1n) is 6.84. The van der Waals surface area contributed by atoms with Crippen molar-refractivity contribution in [2.24, 2.45) is 0 Å². The van der Waals surface area contributed by atoms with Crippen molar-refractivity contribution in [1.29, 1.82) is 0 Å². The summed E-state index contributed by atoms with van der Waals surface area (Å²) in [5.74, 6) is -0.0167. The summed E-state index contributed by atoms with van der Waals surface area (Å²) in [6.45, 7) is 0. The fourth-order valence-electron chi connectivity index (χ4n) is 2.31. The first-order valence-corrected chi connectivity index (χ1v) is 8.48. The zero-order chi connectivity index (χ0) is 15.8. The van der Waals surface area contributed by atoms with Crippen molar-refractivity contribution in [3.63, 3.8) is 0 Å². The largest absolute Gasteiger partial charge is 0.504 e. The Balaban J connectivity index is 1.72. The molecule has 23 heavy (non-hydrogen) atoms. The molecule has 0 saturated carbocycles. The van der Waals surface area contributed by atoms with Crippen LogP contribution in [0.4, 0.5) is 5.82 Å². The van der Waals surface area contributed by atoms with E-state index >= 15 is 0 Å². The number of aromatic nitrogens is 1. The number of amides is 1. The maximum absolute atomic E-state index is 12.4. The van der Waals surface area contributed by atoms with Crippen molar-refractivity contribution in [3.8, 4) is 0 Å². The van der Waals surface area contributed by atoms with Gasteiger partial charge in [0.2, 0.25) is 0 Å². The van der Waals surface area contributed by atoms with E-state index in [4.69, 9.17) is 0 Å². The first kappa shape index (κ1) is 14.1. The van der Waals surface area contributed by atoms with Gasteiger partial charge in [-0.1, -0.05) is 24.3 Å². The minimum Gasteiger partial charge on any atom is -0.504 e. The normalized spacial score (nSPS) is 13.6.